The molecule has 1 atom stereocenters. The number of likely N-dealkylation sites (N-methyl/N-ethyl adjacent to an activating group) is 1. The molecule has 2 aliphatic heterocycles. The van der Waals surface area contributed by atoms with E-state index >= 15 is 0 Å². The van der Waals surface area contributed by atoms with Crippen LogP contribution in [0.15, 0.2) is 23.1 Å². The zero-order valence-electron chi connectivity index (χ0n) is 15.8. The van der Waals surface area contributed by atoms with Crippen molar-refractivity contribution in [2.45, 2.75) is 23.8 Å². The highest BCUT2D eigenvalue weighted by Gasteiger charge is 2.30. The third kappa shape index (κ3) is 4.40. The number of nitrogens with zero attached hydrogens (tertiary/aromatic N) is 4. The summed E-state index contributed by atoms with van der Waals surface area (Å²) in [5.41, 5.74) is 0.313. The standard InChI is InChI=1S/C17H27N5O4S/c1-18-27(25,26)15-5-6-16(17(12-15)22(23)24)21-10-8-20(9-11-21)14-4-3-7-19(2)13-14/h5-6,12,14,18H,3-4,7-11,13H2,1-2H3. The van der Waals surface area contributed by atoms with Crippen molar-refractivity contribution in [2.24, 2.45) is 0 Å². The van der Waals surface area contributed by atoms with Gasteiger partial charge in [0.1, 0.15) is 5.69 Å². The Morgan fingerprint density at radius 1 is 1.19 bits per heavy atom. The highest BCUT2D eigenvalue weighted by molar-refractivity contribution is 7.89. The molecule has 27 heavy (non-hydrogen) atoms. The van der Waals surface area contributed by atoms with Crippen molar-refractivity contribution in [3.63, 3.8) is 0 Å². The highest BCUT2D eigenvalue weighted by atomic mass is 32.2. The minimum Gasteiger partial charge on any atom is -0.363 e. The average Bonchev–Trinajstić information content (AvgIpc) is 2.67. The number of hydrogen-bond acceptors (Lipinski definition) is 7. The van der Waals surface area contributed by atoms with Gasteiger partial charge in [-0.15, -0.1) is 0 Å². The van der Waals surface area contributed by atoms with Gasteiger partial charge in [0.25, 0.3) is 5.69 Å². The third-order valence-corrected chi connectivity index (χ3v) is 6.91. The predicted octanol–water partition coefficient (Wildman–Crippen LogP) is 0.719. The molecule has 0 aliphatic carbocycles. The molecule has 1 aromatic rings. The topological polar surface area (TPSA) is 99.0 Å². The molecule has 0 radical (unpaired) electrons. The third-order valence-electron chi connectivity index (χ3n) is 5.49. The van der Waals surface area contributed by atoms with Crippen molar-refractivity contribution in [1.29, 1.82) is 0 Å². The van der Waals surface area contributed by atoms with E-state index in [1.165, 1.54) is 26.0 Å². The van der Waals surface area contributed by atoms with Crippen LogP contribution >= 0.6 is 0 Å². The van der Waals surface area contributed by atoms with Crippen LogP contribution in [0.3, 0.4) is 0 Å². The highest BCUT2D eigenvalue weighted by Crippen LogP contribution is 2.32. The van der Waals surface area contributed by atoms with Gasteiger partial charge in [0, 0.05) is 44.8 Å². The SMILES string of the molecule is CNS(=O)(=O)c1ccc(N2CCN(C3CCCN(C)C3)CC2)c([N+](=O)[O-])c1. The number of benzene rings is 1. The van der Waals surface area contributed by atoms with Crippen LogP contribution in [-0.4, -0.2) is 82.5 Å². The van der Waals surface area contributed by atoms with E-state index < -0.39 is 14.9 Å². The summed E-state index contributed by atoms with van der Waals surface area (Å²) in [6.07, 6.45) is 2.40. The Labute approximate surface area is 160 Å². The van der Waals surface area contributed by atoms with Crippen LogP contribution in [0.1, 0.15) is 12.8 Å². The zero-order valence-corrected chi connectivity index (χ0v) is 16.6. The van der Waals surface area contributed by atoms with Gasteiger partial charge in [0.2, 0.25) is 10.0 Å². The number of piperidine rings is 1. The molecule has 1 N–H and O–H groups in total. The van der Waals surface area contributed by atoms with Crippen molar-refractivity contribution >= 4 is 21.4 Å². The smallest absolute Gasteiger partial charge is 0.293 e. The maximum absolute atomic E-state index is 11.9. The molecule has 10 heteroatoms. The molecule has 9 nitrogen and oxygen atoms in total. The first-order chi connectivity index (χ1) is 12.8. The number of anilines is 1. The molecule has 2 saturated heterocycles. The van der Waals surface area contributed by atoms with Gasteiger partial charge in [-0.25, -0.2) is 13.1 Å². The Hall–Kier alpha value is -1.75. The minimum absolute atomic E-state index is 0.0932. The molecule has 2 fully saturated rings. The summed E-state index contributed by atoms with van der Waals surface area (Å²) in [5.74, 6) is 0. The Morgan fingerprint density at radius 2 is 1.89 bits per heavy atom. The van der Waals surface area contributed by atoms with Gasteiger partial charge in [0.15, 0.2) is 0 Å². The number of nitro benzene ring substituents is 1. The quantitative estimate of drug-likeness (QED) is 0.577. The van der Waals surface area contributed by atoms with Crippen molar-refractivity contribution in [2.75, 3.05) is 58.3 Å². The number of likely N-dealkylation sites (tertiary alicyclic amines) is 1. The Morgan fingerprint density at radius 3 is 2.48 bits per heavy atom. The molecular formula is C17H27N5O4S. The van der Waals surface area contributed by atoms with Crippen LogP contribution in [-0.2, 0) is 10.0 Å². The Balaban J connectivity index is 1.74. The van der Waals surface area contributed by atoms with E-state index in [1.807, 2.05) is 4.90 Å². The van der Waals surface area contributed by atoms with Crippen LogP contribution in [0, 0.1) is 10.1 Å². The summed E-state index contributed by atoms with van der Waals surface area (Å²) in [6.45, 7) is 5.30. The lowest BCUT2D eigenvalue weighted by atomic mass is 10.0. The lowest BCUT2D eigenvalue weighted by molar-refractivity contribution is -0.384. The van der Waals surface area contributed by atoms with E-state index in [1.54, 1.807) is 6.07 Å². The second-order valence-corrected chi connectivity index (χ2v) is 9.08. The molecule has 3 rings (SSSR count). The average molecular weight is 398 g/mol. The van der Waals surface area contributed by atoms with Gasteiger partial charge in [0.05, 0.1) is 9.82 Å². The second kappa shape index (κ2) is 8.09. The molecule has 0 saturated carbocycles. The molecular weight excluding hydrogens is 370 g/mol. The summed E-state index contributed by atoms with van der Waals surface area (Å²) in [4.78, 5) is 17.7. The van der Waals surface area contributed by atoms with Crippen LogP contribution in [0.2, 0.25) is 0 Å². The zero-order chi connectivity index (χ0) is 19.6. The molecule has 1 aromatic carbocycles. The first-order valence-electron chi connectivity index (χ1n) is 9.21. The van der Waals surface area contributed by atoms with Crippen LogP contribution in [0.25, 0.3) is 0 Å². The number of sulfonamides is 1. The van der Waals surface area contributed by atoms with Crippen LogP contribution in [0.4, 0.5) is 11.4 Å². The monoisotopic (exact) mass is 397 g/mol. The number of nitrogens with one attached hydrogen (secondary N) is 1. The van der Waals surface area contributed by atoms with Crippen molar-refractivity contribution in [3.8, 4) is 0 Å². The Kier molecular flexibility index (Phi) is 5.99. The fourth-order valence-electron chi connectivity index (χ4n) is 3.97. The van der Waals surface area contributed by atoms with E-state index in [2.05, 4.69) is 21.6 Å². The molecule has 0 spiro atoms. The largest absolute Gasteiger partial charge is 0.363 e. The summed E-state index contributed by atoms with van der Waals surface area (Å²) in [6, 6.07) is 4.66. The maximum Gasteiger partial charge on any atom is 0.293 e. The first-order valence-corrected chi connectivity index (χ1v) is 10.7. The number of hydrogen-bond donors (Lipinski definition) is 1. The van der Waals surface area contributed by atoms with Crippen LogP contribution in [0.5, 0.6) is 0 Å². The van der Waals surface area contributed by atoms with Crippen molar-refractivity contribution in [3.05, 3.63) is 28.3 Å². The van der Waals surface area contributed by atoms with E-state index in [4.69, 9.17) is 0 Å². The first kappa shape index (κ1) is 20.0. The maximum atomic E-state index is 11.9. The summed E-state index contributed by atoms with van der Waals surface area (Å²) >= 11 is 0. The van der Waals surface area contributed by atoms with E-state index in [9.17, 15) is 18.5 Å². The summed E-state index contributed by atoms with van der Waals surface area (Å²) < 4.78 is 26.1. The number of nitro groups is 1. The summed E-state index contributed by atoms with van der Waals surface area (Å²) in [7, 11) is -0.282. The van der Waals surface area contributed by atoms with Gasteiger partial charge < -0.3 is 9.80 Å². The fraction of sp³-hybridized carbons (Fsp3) is 0.647. The van der Waals surface area contributed by atoms with E-state index in [0.717, 1.165) is 32.2 Å². The van der Waals surface area contributed by atoms with Gasteiger partial charge >= 0.3 is 0 Å². The second-order valence-electron chi connectivity index (χ2n) is 7.20. The number of piperazine rings is 1. The molecule has 2 heterocycles. The van der Waals surface area contributed by atoms with Gasteiger partial charge in [-0.1, -0.05) is 0 Å². The normalized spacial score (nSPS) is 22.7. The Bertz CT molecular complexity index is 793. The molecule has 0 bridgehead atoms. The fourth-order valence-corrected chi connectivity index (χ4v) is 4.72. The van der Waals surface area contributed by atoms with Gasteiger partial charge in [-0.2, -0.15) is 0 Å². The minimum atomic E-state index is -3.72. The van der Waals surface area contributed by atoms with Crippen molar-refractivity contribution < 1.29 is 13.3 Å². The summed E-state index contributed by atoms with van der Waals surface area (Å²) in [5, 5.41) is 11.5. The molecule has 0 aromatic heterocycles. The lowest BCUT2D eigenvalue weighted by Crippen LogP contribution is -2.54. The van der Waals surface area contributed by atoms with Crippen molar-refractivity contribution in [1.82, 2.24) is 14.5 Å². The lowest BCUT2D eigenvalue weighted by Gasteiger charge is -2.43. The molecule has 1 unspecified atom stereocenters. The van der Waals surface area contributed by atoms with Gasteiger partial charge in [-0.05, 0) is 45.6 Å². The van der Waals surface area contributed by atoms with E-state index in [-0.39, 0.29) is 10.6 Å². The van der Waals surface area contributed by atoms with Crippen LogP contribution < -0.4 is 9.62 Å². The molecule has 2 aliphatic rings. The van der Waals surface area contributed by atoms with E-state index in [0.29, 0.717) is 24.8 Å². The van der Waals surface area contributed by atoms with Gasteiger partial charge in [-0.3, -0.25) is 15.0 Å². The molecule has 0 amide bonds. The molecule has 150 valence electrons. The predicted molar refractivity (Wildman–Crippen MR) is 104 cm³/mol. The number of rotatable bonds is 5.